The minimum Gasteiger partial charge on any atom is -0.496 e. The number of rotatable bonds is 5. The Bertz CT molecular complexity index is 1610. The van der Waals surface area contributed by atoms with Gasteiger partial charge in [-0.1, -0.05) is 0 Å². The fourth-order valence-corrected chi connectivity index (χ4v) is 5.64. The number of methoxy groups -OCH3 is 1. The van der Waals surface area contributed by atoms with E-state index >= 15 is 0 Å². The molecule has 3 N–H and O–H groups in total. The van der Waals surface area contributed by atoms with Crippen LogP contribution in [-0.4, -0.2) is 82.4 Å². The third-order valence-corrected chi connectivity index (χ3v) is 7.71. The lowest BCUT2D eigenvalue weighted by Crippen LogP contribution is -2.55. The maximum atomic E-state index is 14.0. The van der Waals surface area contributed by atoms with Crippen molar-refractivity contribution in [3.63, 3.8) is 0 Å². The van der Waals surface area contributed by atoms with Crippen molar-refractivity contribution in [2.45, 2.75) is 38.3 Å². The van der Waals surface area contributed by atoms with Gasteiger partial charge < -0.3 is 34.3 Å². The summed E-state index contributed by atoms with van der Waals surface area (Å²) in [5, 5.41) is 32.6. The van der Waals surface area contributed by atoms with E-state index in [1.165, 1.54) is 12.4 Å². The van der Waals surface area contributed by atoms with E-state index < -0.39 is 11.6 Å². The van der Waals surface area contributed by atoms with Gasteiger partial charge in [-0.3, -0.25) is 9.36 Å². The summed E-state index contributed by atoms with van der Waals surface area (Å²) in [5.74, 6) is 1.08. The lowest BCUT2D eigenvalue weighted by Gasteiger charge is -2.41. The Morgan fingerprint density at radius 1 is 1.20 bits per heavy atom. The van der Waals surface area contributed by atoms with Gasteiger partial charge in [-0.05, 0) is 56.5 Å². The molecule has 0 atom stereocenters. The van der Waals surface area contributed by atoms with E-state index in [0.29, 0.717) is 65.7 Å². The first-order chi connectivity index (χ1) is 19.0. The molecule has 12 heteroatoms. The number of carbonyl (C=O) groups excluding carboxylic acids is 1. The summed E-state index contributed by atoms with van der Waals surface area (Å²) < 4.78 is 16.0. The van der Waals surface area contributed by atoms with Gasteiger partial charge in [0.25, 0.3) is 5.91 Å². The first-order valence-corrected chi connectivity index (χ1v) is 13.1. The van der Waals surface area contributed by atoms with Crippen molar-refractivity contribution in [1.29, 1.82) is 0 Å². The molecule has 0 aliphatic carbocycles. The predicted molar refractivity (Wildman–Crippen MR) is 144 cm³/mol. The Morgan fingerprint density at radius 2 is 2.00 bits per heavy atom. The van der Waals surface area contributed by atoms with E-state index in [9.17, 15) is 20.1 Å². The van der Waals surface area contributed by atoms with Crippen molar-refractivity contribution >= 4 is 5.91 Å². The zero-order valence-electron chi connectivity index (χ0n) is 22.8. The largest absolute Gasteiger partial charge is 0.496 e. The first-order valence-electron chi connectivity index (χ1n) is 13.1. The van der Waals surface area contributed by atoms with Gasteiger partial charge in [-0.2, -0.15) is 9.78 Å². The van der Waals surface area contributed by atoms with Gasteiger partial charge in [0.05, 0.1) is 49.1 Å². The van der Waals surface area contributed by atoms with Crippen molar-refractivity contribution in [3.8, 4) is 34.1 Å². The zero-order chi connectivity index (χ0) is 28.4. The number of fused-ring (bicyclic) bond motifs is 3. The maximum absolute atomic E-state index is 14.0. The second-order valence-corrected chi connectivity index (χ2v) is 10.8. The fraction of sp³-hybridized carbons (Fsp3) is 0.393. The molecule has 0 unspecified atom stereocenters. The molecule has 2 aliphatic rings. The Hall–Kier alpha value is -3.97. The molecule has 1 saturated heterocycles. The summed E-state index contributed by atoms with van der Waals surface area (Å²) in [6.07, 6.45) is 2.80. The quantitative estimate of drug-likeness (QED) is 0.320. The van der Waals surface area contributed by atoms with Gasteiger partial charge in [0.1, 0.15) is 5.75 Å². The van der Waals surface area contributed by atoms with Crippen molar-refractivity contribution in [2.24, 2.45) is 7.05 Å². The number of hydrogen-bond donors (Lipinski definition) is 3. The summed E-state index contributed by atoms with van der Waals surface area (Å²) in [6, 6.07) is 7.77. The van der Waals surface area contributed by atoms with Crippen molar-refractivity contribution < 1.29 is 29.6 Å². The Kier molecular flexibility index (Phi) is 6.11. The molecule has 2 aliphatic heterocycles. The van der Waals surface area contributed by atoms with E-state index in [1.807, 2.05) is 65.4 Å². The highest BCUT2D eigenvalue weighted by Gasteiger charge is 2.39. The lowest BCUT2D eigenvalue weighted by molar-refractivity contribution is -0.380. The fourth-order valence-electron chi connectivity index (χ4n) is 5.64. The third kappa shape index (κ3) is 4.20. The zero-order valence-corrected chi connectivity index (χ0v) is 22.8. The number of morpholine rings is 1. The van der Waals surface area contributed by atoms with Crippen molar-refractivity contribution in [3.05, 3.63) is 59.8 Å². The molecular formula is C28H32N6O6. The molecule has 4 aromatic rings. The van der Waals surface area contributed by atoms with Crippen LogP contribution in [0.5, 0.6) is 5.75 Å². The van der Waals surface area contributed by atoms with Crippen LogP contribution in [0.3, 0.4) is 0 Å². The molecule has 12 nitrogen and oxygen atoms in total. The van der Waals surface area contributed by atoms with Crippen molar-refractivity contribution in [2.75, 3.05) is 26.9 Å². The second-order valence-electron chi connectivity index (χ2n) is 10.8. The van der Waals surface area contributed by atoms with Crippen LogP contribution in [0.4, 0.5) is 0 Å². The molecule has 0 spiro atoms. The second kappa shape index (κ2) is 9.30. The number of ether oxygens (including phenoxy) is 2. The van der Waals surface area contributed by atoms with Crippen LogP contribution < -0.4 is 4.74 Å². The highest BCUT2D eigenvalue weighted by atomic mass is 16.7. The number of imidazole rings is 1. The van der Waals surface area contributed by atoms with E-state index in [-0.39, 0.29) is 5.91 Å². The topological polar surface area (TPSA) is 140 Å². The van der Waals surface area contributed by atoms with Crippen LogP contribution in [0.2, 0.25) is 0 Å². The van der Waals surface area contributed by atoms with Gasteiger partial charge >= 0.3 is 6.10 Å². The normalized spacial score (nSPS) is 16.5. The Balaban J connectivity index is 1.55. The molecule has 6 rings (SSSR count). The number of nitrogens with zero attached hydrogens (tertiary/aromatic N) is 6. The molecule has 0 radical (unpaired) electrons. The average Bonchev–Trinajstić information content (AvgIpc) is 3.65. The van der Waals surface area contributed by atoms with Gasteiger partial charge in [-0.25, -0.2) is 4.98 Å². The van der Waals surface area contributed by atoms with E-state index in [0.717, 1.165) is 22.6 Å². The van der Waals surface area contributed by atoms with Crippen LogP contribution in [0.15, 0.2) is 42.9 Å². The standard InChI is InChI=1S/C28H32N6O6/c1-27(2)16-40-11-10-32(27)26(35)24-20-8-7-17-12-23(39-4)19(18-14-29-33(15-18)28(36,37)38)13-22(17)34(20)25(30-24)21-6-5-9-31(21)3/h5-6,9,12-15,36-38H,7-8,10-11,16H2,1-4H3. The minimum absolute atomic E-state index is 0.124. The molecule has 1 amide bonds. The lowest BCUT2D eigenvalue weighted by atomic mass is 9.95. The number of benzene rings is 1. The molecular weight excluding hydrogens is 516 g/mol. The van der Waals surface area contributed by atoms with E-state index in [4.69, 9.17) is 14.5 Å². The van der Waals surface area contributed by atoms with Gasteiger partial charge in [0.15, 0.2) is 11.5 Å². The summed E-state index contributed by atoms with van der Waals surface area (Å²) in [5.41, 5.74) is 4.60. The third-order valence-electron chi connectivity index (χ3n) is 7.71. The summed E-state index contributed by atoms with van der Waals surface area (Å²) in [4.78, 5) is 20.9. The van der Waals surface area contributed by atoms with Crippen LogP contribution in [0, 0.1) is 0 Å². The number of carbonyl (C=O) groups is 1. The summed E-state index contributed by atoms with van der Waals surface area (Å²) in [6.45, 7) is 5.42. The maximum Gasteiger partial charge on any atom is 0.389 e. The van der Waals surface area contributed by atoms with E-state index in [1.54, 1.807) is 7.11 Å². The number of amides is 1. The van der Waals surface area contributed by atoms with Crippen LogP contribution in [-0.2, 0) is 30.7 Å². The van der Waals surface area contributed by atoms with Gasteiger partial charge in [0.2, 0.25) is 0 Å². The molecule has 3 aromatic heterocycles. The van der Waals surface area contributed by atoms with E-state index in [2.05, 4.69) is 5.10 Å². The summed E-state index contributed by atoms with van der Waals surface area (Å²) >= 11 is 0. The van der Waals surface area contributed by atoms with Crippen LogP contribution in [0.25, 0.3) is 28.3 Å². The number of hydrogen-bond acceptors (Lipinski definition) is 8. The highest BCUT2D eigenvalue weighted by Crippen LogP contribution is 2.40. The number of aryl methyl sites for hydroxylation is 2. The summed E-state index contributed by atoms with van der Waals surface area (Å²) in [7, 11) is 3.50. The van der Waals surface area contributed by atoms with Crippen LogP contribution >= 0.6 is 0 Å². The monoisotopic (exact) mass is 548 g/mol. The molecule has 0 bridgehead atoms. The van der Waals surface area contributed by atoms with Gasteiger partial charge in [0, 0.05) is 37.1 Å². The Labute approximate surface area is 230 Å². The molecule has 40 heavy (non-hydrogen) atoms. The molecule has 210 valence electrons. The molecule has 1 fully saturated rings. The number of aromatic nitrogens is 5. The smallest absolute Gasteiger partial charge is 0.389 e. The minimum atomic E-state index is -3.14. The first kappa shape index (κ1) is 26.3. The SMILES string of the molecule is COc1cc2c(cc1-c1cnn(C(O)(O)O)c1)-n1c(-c3cccn3C)nc(C(=O)N3CCOCC3(C)C)c1CC2. The molecule has 0 saturated carbocycles. The van der Waals surface area contributed by atoms with Crippen LogP contribution in [0.1, 0.15) is 35.6 Å². The van der Waals surface area contributed by atoms with Crippen molar-refractivity contribution in [1.82, 2.24) is 28.8 Å². The predicted octanol–water partition coefficient (Wildman–Crippen LogP) is 1.64. The highest BCUT2D eigenvalue weighted by molar-refractivity contribution is 5.95. The molecule has 1 aromatic carbocycles. The molecule has 5 heterocycles. The Morgan fingerprint density at radius 3 is 2.65 bits per heavy atom. The van der Waals surface area contributed by atoms with Gasteiger partial charge in [-0.15, -0.1) is 0 Å². The number of aliphatic hydroxyl groups is 3. The average molecular weight is 549 g/mol.